The molecule has 1 N–H and O–H groups in total. The molecule has 1 aliphatic rings. The monoisotopic (exact) mass is 343 g/mol. The second kappa shape index (κ2) is 8.53. The van der Waals surface area contributed by atoms with Crippen molar-refractivity contribution in [2.75, 3.05) is 17.8 Å². The average molecular weight is 344 g/mol. The lowest BCUT2D eigenvalue weighted by atomic mass is 10.1. The maximum atomic E-state index is 12.4. The van der Waals surface area contributed by atoms with E-state index in [1.54, 1.807) is 0 Å². The fourth-order valence-electron chi connectivity index (χ4n) is 2.59. The third kappa shape index (κ3) is 4.23. The lowest BCUT2D eigenvalue weighted by molar-refractivity contribution is -0.115. The normalized spacial score (nSPS) is 14.1. The Bertz CT molecular complexity index is 542. The topological polar surface area (TPSA) is 55.4 Å². The number of carbonyl (C=O) groups excluding carboxylic acids is 2. The number of alkyl halides is 1. The van der Waals surface area contributed by atoms with Gasteiger partial charge in [0, 0.05) is 17.2 Å². The van der Waals surface area contributed by atoms with Crippen LogP contribution in [0.5, 0.6) is 0 Å². The highest BCUT2D eigenvalue weighted by Gasteiger charge is 2.26. The van der Waals surface area contributed by atoms with Crippen LogP contribution < -0.4 is 5.32 Å². The summed E-state index contributed by atoms with van der Waals surface area (Å²) in [6.07, 6.45) is 6.27. The van der Waals surface area contributed by atoms with Gasteiger partial charge in [-0.3, -0.25) is 4.79 Å². The number of amides is 1. The van der Waals surface area contributed by atoms with Crippen LogP contribution in [-0.2, 0) is 22.4 Å². The second-order valence-corrected chi connectivity index (χ2v) is 6.87. The summed E-state index contributed by atoms with van der Waals surface area (Å²) in [5.41, 5.74) is 1.64. The molecule has 0 saturated heterocycles. The number of esters is 1. The zero-order valence-corrected chi connectivity index (χ0v) is 14.4. The lowest BCUT2D eigenvalue weighted by Crippen LogP contribution is -2.15. The molecule has 0 aliphatic heterocycles. The van der Waals surface area contributed by atoms with Crippen molar-refractivity contribution < 1.29 is 14.3 Å². The van der Waals surface area contributed by atoms with Crippen molar-refractivity contribution in [1.82, 2.24) is 0 Å². The van der Waals surface area contributed by atoms with Crippen LogP contribution in [0.25, 0.3) is 0 Å². The quantitative estimate of drug-likeness (QED) is 0.479. The van der Waals surface area contributed by atoms with Crippen LogP contribution in [-0.4, -0.2) is 24.4 Å². The number of carbonyl (C=O) groups is 2. The molecule has 22 heavy (non-hydrogen) atoms. The van der Waals surface area contributed by atoms with E-state index in [9.17, 15) is 9.59 Å². The number of aryl methyl sites for hydroxylation is 1. The molecule has 0 unspecified atom stereocenters. The molecule has 0 spiro atoms. The number of hydrogen-bond donors (Lipinski definition) is 1. The molecule has 1 amide bonds. The summed E-state index contributed by atoms with van der Waals surface area (Å²) in [6.45, 7) is 2.36. The molecule has 0 saturated carbocycles. The molecule has 0 fully saturated rings. The SMILES string of the molecule is CCCOC(=O)c1c(NC(=O)CCCl)sc2c1CCCCC2. The molecule has 0 radical (unpaired) electrons. The molecule has 1 aromatic heterocycles. The summed E-state index contributed by atoms with van der Waals surface area (Å²) in [7, 11) is 0. The van der Waals surface area contributed by atoms with Crippen molar-refractivity contribution in [3.05, 3.63) is 16.0 Å². The Labute approximate surface area is 140 Å². The van der Waals surface area contributed by atoms with Gasteiger partial charge in [0.05, 0.1) is 12.2 Å². The van der Waals surface area contributed by atoms with E-state index >= 15 is 0 Å². The largest absolute Gasteiger partial charge is 0.462 e. The highest BCUT2D eigenvalue weighted by Crippen LogP contribution is 2.38. The van der Waals surface area contributed by atoms with E-state index in [4.69, 9.17) is 16.3 Å². The van der Waals surface area contributed by atoms with E-state index in [0.29, 0.717) is 17.2 Å². The molecular formula is C16H22ClNO3S. The predicted octanol–water partition coefficient (Wildman–Crippen LogP) is 4.15. The lowest BCUT2D eigenvalue weighted by Gasteiger charge is -2.08. The first-order valence-corrected chi connectivity index (χ1v) is 9.20. The van der Waals surface area contributed by atoms with Gasteiger partial charge in [-0.1, -0.05) is 13.3 Å². The van der Waals surface area contributed by atoms with Crippen LogP contribution in [0.2, 0.25) is 0 Å². The second-order valence-electron chi connectivity index (χ2n) is 5.39. The molecule has 122 valence electrons. The first-order valence-electron chi connectivity index (χ1n) is 7.84. The molecule has 2 rings (SSSR count). The van der Waals surface area contributed by atoms with Gasteiger partial charge in [-0.15, -0.1) is 22.9 Å². The first-order chi connectivity index (χ1) is 10.7. The van der Waals surface area contributed by atoms with Crippen molar-refractivity contribution in [3.63, 3.8) is 0 Å². The van der Waals surface area contributed by atoms with E-state index in [1.807, 2.05) is 6.92 Å². The van der Waals surface area contributed by atoms with Gasteiger partial charge in [-0.05, 0) is 37.7 Å². The molecule has 0 atom stereocenters. The highest BCUT2D eigenvalue weighted by atomic mass is 35.5. The summed E-state index contributed by atoms with van der Waals surface area (Å²) < 4.78 is 5.32. The van der Waals surface area contributed by atoms with Crippen molar-refractivity contribution in [3.8, 4) is 0 Å². The number of rotatable bonds is 6. The van der Waals surface area contributed by atoms with Crippen LogP contribution in [0.4, 0.5) is 5.00 Å². The molecule has 1 aromatic rings. The summed E-state index contributed by atoms with van der Waals surface area (Å²) in [6, 6.07) is 0. The van der Waals surface area contributed by atoms with E-state index in [0.717, 1.165) is 37.7 Å². The predicted molar refractivity (Wildman–Crippen MR) is 90.1 cm³/mol. The fourth-order valence-corrected chi connectivity index (χ4v) is 4.05. The van der Waals surface area contributed by atoms with Crippen molar-refractivity contribution in [2.45, 2.75) is 51.9 Å². The summed E-state index contributed by atoms with van der Waals surface area (Å²) in [5, 5.41) is 3.47. The minimum Gasteiger partial charge on any atom is -0.462 e. The number of fused-ring (bicyclic) bond motifs is 1. The van der Waals surface area contributed by atoms with Gasteiger partial charge in [0.15, 0.2) is 0 Å². The summed E-state index contributed by atoms with van der Waals surface area (Å²) >= 11 is 7.12. The Hall–Kier alpha value is -1.07. The van der Waals surface area contributed by atoms with Crippen LogP contribution in [0.1, 0.15) is 59.8 Å². The minimum atomic E-state index is -0.317. The zero-order chi connectivity index (χ0) is 15.9. The minimum absolute atomic E-state index is 0.157. The molecule has 1 aliphatic carbocycles. The van der Waals surface area contributed by atoms with Gasteiger partial charge in [0.2, 0.25) is 5.91 Å². The maximum Gasteiger partial charge on any atom is 0.341 e. The average Bonchev–Trinajstić information content (AvgIpc) is 2.67. The van der Waals surface area contributed by atoms with E-state index in [-0.39, 0.29) is 24.2 Å². The van der Waals surface area contributed by atoms with Gasteiger partial charge < -0.3 is 10.1 Å². The van der Waals surface area contributed by atoms with Crippen LogP contribution in [0, 0.1) is 0 Å². The highest BCUT2D eigenvalue weighted by molar-refractivity contribution is 7.17. The number of hydrogen-bond acceptors (Lipinski definition) is 4. The third-order valence-electron chi connectivity index (χ3n) is 3.64. The van der Waals surface area contributed by atoms with Gasteiger partial charge in [0.25, 0.3) is 0 Å². The van der Waals surface area contributed by atoms with E-state index in [2.05, 4.69) is 5.32 Å². The molecule has 6 heteroatoms. The van der Waals surface area contributed by atoms with Gasteiger partial charge in [0.1, 0.15) is 5.00 Å². The van der Waals surface area contributed by atoms with E-state index < -0.39 is 0 Å². The summed E-state index contributed by atoms with van der Waals surface area (Å²) in [5.74, 6) is -0.203. The van der Waals surface area contributed by atoms with Crippen molar-refractivity contribution in [2.24, 2.45) is 0 Å². The van der Waals surface area contributed by atoms with Crippen LogP contribution >= 0.6 is 22.9 Å². The molecule has 0 aromatic carbocycles. The molecule has 0 bridgehead atoms. The standard InChI is InChI=1S/C16H22ClNO3S/c1-2-10-21-16(20)14-11-6-4-3-5-7-12(11)22-15(14)18-13(19)8-9-17/h2-10H2,1H3,(H,18,19). The molecule has 4 nitrogen and oxygen atoms in total. The van der Waals surface area contributed by atoms with E-state index in [1.165, 1.54) is 22.6 Å². The van der Waals surface area contributed by atoms with Gasteiger partial charge in [-0.2, -0.15) is 0 Å². The zero-order valence-electron chi connectivity index (χ0n) is 12.9. The first kappa shape index (κ1) is 17.3. The molecular weight excluding hydrogens is 322 g/mol. The van der Waals surface area contributed by atoms with Crippen molar-refractivity contribution >= 4 is 39.8 Å². The number of thiophene rings is 1. The van der Waals surface area contributed by atoms with Crippen LogP contribution in [0.15, 0.2) is 0 Å². The number of anilines is 1. The van der Waals surface area contributed by atoms with Crippen molar-refractivity contribution in [1.29, 1.82) is 0 Å². The maximum absolute atomic E-state index is 12.4. The summed E-state index contributed by atoms with van der Waals surface area (Å²) in [4.78, 5) is 25.5. The smallest absolute Gasteiger partial charge is 0.341 e. The Kier molecular flexibility index (Phi) is 6.70. The Morgan fingerprint density at radius 2 is 2.05 bits per heavy atom. The van der Waals surface area contributed by atoms with Gasteiger partial charge >= 0.3 is 5.97 Å². The third-order valence-corrected chi connectivity index (χ3v) is 5.03. The van der Waals surface area contributed by atoms with Gasteiger partial charge in [-0.25, -0.2) is 4.79 Å². The van der Waals surface area contributed by atoms with Crippen LogP contribution in [0.3, 0.4) is 0 Å². The Balaban J connectivity index is 2.30. The number of nitrogens with one attached hydrogen (secondary N) is 1. The fraction of sp³-hybridized carbons (Fsp3) is 0.625. The molecule has 1 heterocycles. The Morgan fingerprint density at radius 3 is 2.77 bits per heavy atom. The Morgan fingerprint density at radius 1 is 1.27 bits per heavy atom. The number of halogens is 1. The number of ether oxygens (including phenoxy) is 1.